The maximum Gasteiger partial charge on any atom is -0.00262 e. The first kappa shape index (κ1) is 14.9. The lowest BCUT2D eigenvalue weighted by Gasteiger charge is -2.17. The van der Waals surface area contributed by atoms with Crippen molar-refractivity contribution in [3.05, 3.63) is 109 Å². The summed E-state index contributed by atoms with van der Waals surface area (Å²) >= 11 is 0. The fourth-order valence-corrected chi connectivity index (χ4v) is 3.90. The van der Waals surface area contributed by atoms with E-state index < -0.39 is 0 Å². The SMILES string of the molecule is [c]1cccc(-c2c3ccccc3c(-c3ccccc3)c3ccccc23)c1. The Morgan fingerprint density at radius 3 is 1.38 bits per heavy atom. The predicted octanol–water partition coefficient (Wildman–Crippen LogP) is 7.13. The summed E-state index contributed by atoms with van der Waals surface area (Å²) in [6.07, 6.45) is 0. The largest absolute Gasteiger partial charge is 0.0622 e. The van der Waals surface area contributed by atoms with E-state index in [0.29, 0.717) is 0 Å². The van der Waals surface area contributed by atoms with Crippen LogP contribution in [0.3, 0.4) is 0 Å². The highest BCUT2D eigenvalue weighted by Crippen LogP contribution is 2.43. The van der Waals surface area contributed by atoms with Crippen molar-refractivity contribution in [2.75, 3.05) is 0 Å². The van der Waals surface area contributed by atoms with Crippen LogP contribution in [0.5, 0.6) is 0 Å². The summed E-state index contributed by atoms with van der Waals surface area (Å²) in [7, 11) is 0. The molecular weight excluding hydrogens is 312 g/mol. The Kier molecular flexibility index (Phi) is 3.54. The molecule has 0 heterocycles. The van der Waals surface area contributed by atoms with Crippen LogP contribution in [0.15, 0.2) is 103 Å². The molecule has 0 N–H and O–H groups in total. The van der Waals surface area contributed by atoms with Gasteiger partial charge >= 0.3 is 0 Å². The zero-order chi connectivity index (χ0) is 17.3. The molecule has 1 radical (unpaired) electrons. The maximum atomic E-state index is 3.24. The molecule has 0 saturated carbocycles. The van der Waals surface area contributed by atoms with Gasteiger partial charge in [0.25, 0.3) is 0 Å². The number of benzene rings is 5. The molecule has 0 aliphatic rings. The van der Waals surface area contributed by atoms with Crippen LogP contribution >= 0.6 is 0 Å². The van der Waals surface area contributed by atoms with Gasteiger partial charge in [-0.05, 0) is 55.9 Å². The first-order valence-corrected chi connectivity index (χ1v) is 8.89. The summed E-state index contributed by atoms with van der Waals surface area (Å²) in [5.41, 5.74) is 5.05. The molecule has 5 rings (SSSR count). The van der Waals surface area contributed by atoms with Crippen molar-refractivity contribution in [1.82, 2.24) is 0 Å². The van der Waals surface area contributed by atoms with Crippen LogP contribution in [-0.2, 0) is 0 Å². The average Bonchev–Trinajstić information content (AvgIpc) is 2.73. The summed E-state index contributed by atoms with van der Waals surface area (Å²) in [6.45, 7) is 0. The smallest absolute Gasteiger partial charge is 0.00262 e. The highest BCUT2D eigenvalue weighted by molar-refractivity contribution is 6.21. The van der Waals surface area contributed by atoms with E-state index in [2.05, 4.69) is 103 Å². The Bertz CT molecular complexity index is 1050. The Labute approximate surface area is 153 Å². The zero-order valence-corrected chi connectivity index (χ0v) is 14.3. The molecule has 0 spiro atoms. The summed E-state index contributed by atoms with van der Waals surface area (Å²) in [5, 5.41) is 5.14. The highest BCUT2D eigenvalue weighted by atomic mass is 14.2. The molecule has 0 aliphatic heterocycles. The van der Waals surface area contributed by atoms with E-state index in [1.165, 1.54) is 43.8 Å². The van der Waals surface area contributed by atoms with Gasteiger partial charge in [0.15, 0.2) is 0 Å². The molecule has 0 aliphatic carbocycles. The van der Waals surface area contributed by atoms with E-state index in [1.807, 2.05) is 6.07 Å². The summed E-state index contributed by atoms with van der Waals surface area (Å²) in [4.78, 5) is 0. The minimum atomic E-state index is 1.21. The van der Waals surface area contributed by atoms with Gasteiger partial charge in [-0.25, -0.2) is 0 Å². The Hall–Kier alpha value is -3.38. The Morgan fingerprint density at radius 1 is 0.423 bits per heavy atom. The highest BCUT2D eigenvalue weighted by Gasteiger charge is 2.15. The zero-order valence-electron chi connectivity index (χ0n) is 14.3. The van der Waals surface area contributed by atoms with Gasteiger partial charge in [0, 0.05) is 0 Å². The van der Waals surface area contributed by atoms with Crippen molar-refractivity contribution < 1.29 is 0 Å². The van der Waals surface area contributed by atoms with Gasteiger partial charge in [-0.15, -0.1) is 0 Å². The molecule has 0 unspecified atom stereocenters. The van der Waals surface area contributed by atoms with Crippen LogP contribution in [0.2, 0.25) is 0 Å². The van der Waals surface area contributed by atoms with Gasteiger partial charge in [-0.2, -0.15) is 0 Å². The number of hydrogen-bond donors (Lipinski definition) is 0. The normalized spacial score (nSPS) is 11.1. The van der Waals surface area contributed by atoms with Crippen LogP contribution in [0, 0.1) is 6.07 Å². The van der Waals surface area contributed by atoms with Gasteiger partial charge in [-0.3, -0.25) is 0 Å². The van der Waals surface area contributed by atoms with E-state index in [-0.39, 0.29) is 0 Å². The third kappa shape index (κ3) is 2.31. The van der Waals surface area contributed by atoms with Crippen molar-refractivity contribution in [3.63, 3.8) is 0 Å². The molecule has 0 amide bonds. The third-order valence-electron chi connectivity index (χ3n) is 4.99. The minimum absolute atomic E-state index is 1.21. The van der Waals surface area contributed by atoms with E-state index in [4.69, 9.17) is 0 Å². The number of hydrogen-bond acceptors (Lipinski definition) is 0. The van der Waals surface area contributed by atoms with Crippen molar-refractivity contribution >= 4 is 21.5 Å². The lowest BCUT2D eigenvalue weighted by atomic mass is 9.86. The average molecular weight is 329 g/mol. The van der Waals surface area contributed by atoms with Gasteiger partial charge in [-0.1, -0.05) is 97.1 Å². The van der Waals surface area contributed by atoms with E-state index in [0.717, 1.165) is 0 Å². The lowest BCUT2D eigenvalue weighted by Crippen LogP contribution is -1.90. The predicted molar refractivity (Wildman–Crippen MR) is 111 cm³/mol. The maximum absolute atomic E-state index is 3.24. The molecular formula is C26H17. The molecule has 26 heavy (non-hydrogen) atoms. The molecule has 0 heteroatoms. The first-order valence-electron chi connectivity index (χ1n) is 8.89. The van der Waals surface area contributed by atoms with E-state index >= 15 is 0 Å². The first-order chi connectivity index (χ1) is 12.9. The van der Waals surface area contributed by atoms with Crippen molar-refractivity contribution in [1.29, 1.82) is 0 Å². The summed E-state index contributed by atoms with van der Waals surface area (Å²) < 4.78 is 0. The minimum Gasteiger partial charge on any atom is -0.0622 e. The molecule has 0 atom stereocenters. The monoisotopic (exact) mass is 329 g/mol. The van der Waals surface area contributed by atoms with Crippen molar-refractivity contribution in [2.45, 2.75) is 0 Å². The molecule has 5 aromatic rings. The molecule has 0 saturated heterocycles. The molecule has 0 fully saturated rings. The Balaban J connectivity index is 2.02. The van der Waals surface area contributed by atoms with Crippen LogP contribution in [0.1, 0.15) is 0 Å². The van der Waals surface area contributed by atoms with Crippen LogP contribution < -0.4 is 0 Å². The molecule has 0 aromatic heterocycles. The van der Waals surface area contributed by atoms with Gasteiger partial charge in [0.2, 0.25) is 0 Å². The molecule has 0 nitrogen and oxygen atoms in total. The topological polar surface area (TPSA) is 0 Å². The standard InChI is InChI=1S/C26H17/c1-3-11-19(12-4-1)25-21-15-7-9-17-23(21)26(20-13-5-2-6-14-20)24-18-10-8-16-22(24)25/h1-5,7-18H. The van der Waals surface area contributed by atoms with Crippen LogP contribution in [0.4, 0.5) is 0 Å². The summed E-state index contributed by atoms with van der Waals surface area (Å²) in [6, 6.07) is 39.6. The van der Waals surface area contributed by atoms with Gasteiger partial charge in [0.05, 0.1) is 0 Å². The molecule has 5 aromatic carbocycles. The second-order valence-corrected chi connectivity index (χ2v) is 6.50. The van der Waals surface area contributed by atoms with Crippen LogP contribution in [0.25, 0.3) is 43.8 Å². The Morgan fingerprint density at radius 2 is 0.885 bits per heavy atom. The number of fused-ring (bicyclic) bond motifs is 2. The fraction of sp³-hybridized carbons (Fsp3) is 0. The van der Waals surface area contributed by atoms with Crippen molar-refractivity contribution in [2.24, 2.45) is 0 Å². The second kappa shape index (κ2) is 6.16. The van der Waals surface area contributed by atoms with Gasteiger partial charge in [0.1, 0.15) is 0 Å². The molecule has 121 valence electrons. The van der Waals surface area contributed by atoms with Crippen molar-refractivity contribution in [3.8, 4) is 22.3 Å². The molecule has 0 bridgehead atoms. The van der Waals surface area contributed by atoms with Gasteiger partial charge < -0.3 is 0 Å². The van der Waals surface area contributed by atoms with Crippen LogP contribution in [-0.4, -0.2) is 0 Å². The number of rotatable bonds is 2. The third-order valence-corrected chi connectivity index (χ3v) is 4.99. The fourth-order valence-electron chi connectivity index (χ4n) is 3.90. The van der Waals surface area contributed by atoms with E-state index in [1.54, 1.807) is 0 Å². The van der Waals surface area contributed by atoms with E-state index in [9.17, 15) is 0 Å². The second-order valence-electron chi connectivity index (χ2n) is 6.50. The quantitative estimate of drug-likeness (QED) is 0.302. The lowest BCUT2D eigenvalue weighted by molar-refractivity contribution is 1.64. The summed E-state index contributed by atoms with van der Waals surface area (Å²) in [5.74, 6) is 0.